The van der Waals surface area contributed by atoms with Gasteiger partial charge in [-0.2, -0.15) is 5.10 Å². The fraction of sp³-hybridized carbons (Fsp3) is 0.440. The van der Waals surface area contributed by atoms with Gasteiger partial charge in [-0.1, -0.05) is 18.2 Å². The Balaban J connectivity index is 1.64. The zero-order chi connectivity index (χ0) is 23.7. The molecule has 4 rings (SSSR count). The normalized spacial score (nSPS) is 19.6. The van der Waals surface area contributed by atoms with Crippen LogP contribution in [0, 0.1) is 19.8 Å². The first kappa shape index (κ1) is 23.0. The van der Waals surface area contributed by atoms with Crippen LogP contribution in [0.2, 0.25) is 0 Å². The molecule has 2 aromatic heterocycles. The minimum Gasteiger partial charge on any atom is -0.481 e. The second-order valence-corrected chi connectivity index (χ2v) is 8.90. The van der Waals surface area contributed by atoms with Crippen LogP contribution in [0.1, 0.15) is 79.1 Å². The van der Waals surface area contributed by atoms with Crippen molar-refractivity contribution in [2.75, 3.05) is 5.32 Å². The van der Waals surface area contributed by atoms with Gasteiger partial charge in [0.15, 0.2) is 5.82 Å². The molecule has 174 valence electrons. The molecule has 6 nitrogen and oxygen atoms in total. The van der Waals surface area contributed by atoms with Crippen LogP contribution in [0.5, 0.6) is 0 Å². The van der Waals surface area contributed by atoms with E-state index in [9.17, 15) is 18.7 Å². The molecule has 0 spiro atoms. The van der Waals surface area contributed by atoms with E-state index in [0.717, 1.165) is 40.6 Å². The van der Waals surface area contributed by atoms with Crippen LogP contribution in [-0.4, -0.2) is 26.3 Å². The number of hydrogen-bond acceptors (Lipinski definition) is 5. The van der Waals surface area contributed by atoms with Crippen LogP contribution in [0.25, 0.3) is 10.8 Å². The monoisotopic (exact) mass is 454 g/mol. The lowest BCUT2D eigenvalue weighted by Gasteiger charge is -2.26. The molecule has 3 aromatic rings. The molecule has 0 saturated heterocycles. The van der Waals surface area contributed by atoms with Gasteiger partial charge in [-0.25, -0.2) is 8.78 Å². The number of carboxylic acids is 1. The maximum atomic E-state index is 13.4. The number of carboxylic acid groups (broad SMARTS) is 1. The molecule has 2 heterocycles. The number of rotatable bonds is 6. The third-order valence-electron chi connectivity index (χ3n) is 6.84. The molecular weight excluding hydrogens is 426 g/mol. The number of aliphatic carboxylic acids is 1. The molecule has 1 aliphatic rings. The molecule has 33 heavy (non-hydrogen) atoms. The summed E-state index contributed by atoms with van der Waals surface area (Å²) in [6, 6.07) is 6.70. The molecule has 1 aliphatic carbocycles. The fourth-order valence-electron chi connectivity index (χ4n) is 4.81. The molecule has 0 radical (unpaired) electrons. The first-order valence-corrected chi connectivity index (χ1v) is 11.3. The quantitative estimate of drug-likeness (QED) is 0.467. The highest BCUT2D eigenvalue weighted by Gasteiger charge is 2.28. The van der Waals surface area contributed by atoms with Crippen molar-refractivity contribution in [2.24, 2.45) is 5.92 Å². The van der Waals surface area contributed by atoms with Crippen molar-refractivity contribution in [3.63, 3.8) is 0 Å². The van der Waals surface area contributed by atoms with Gasteiger partial charge in [0.2, 0.25) is 0 Å². The van der Waals surface area contributed by atoms with Crippen molar-refractivity contribution in [3.05, 3.63) is 58.5 Å². The average Bonchev–Trinajstić information content (AvgIpc) is 2.80. The van der Waals surface area contributed by atoms with Gasteiger partial charge in [-0.15, -0.1) is 5.10 Å². The molecular formula is C25H28F2N4O2. The first-order chi connectivity index (χ1) is 15.8. The Morgan fingerprint density at radius 1 is 1.09 bits per heavy atom. The summed E-state index contributed by atoms with van der Waals surface area (Å²) < 4.78 is 26.7. The van der Waals surface area contributed by atoms with Crippen molar-refractivity contribution >= 4 is 22.6 Å². The van der Waals surface area contributed by atoms with E-state index >= 15 is 0 Å². The van der Waals surface area contributed by atoms with Gasteiger partial charge in [-0.05, 0) is 63.6 Å². The number of benzene rings is 1. The van der Waals surface area contributed by atoms with Crippen molar-refractivity contribution < 1.29 is 18.7 Å². The Hall–Kier alpha value is -3.16. The molecule has 1 aromatic carbocycles. The summed E-state index contributed by atoms with van der Waals surface area (Å²) in [6.45, 7) is 5.50. The Bertz CT molecular complexity index is 1180. The fourth-order valence-corrected chi connectivity index (χ4v) is 4.81. The van der Waals surface area contributed by atoms with Crippen molar-refractivity contribution in [1.29, 1.82) is 0 Å². The minimum atomic E-state index is -2.53. The van der Waals surface area contributed by atoms with Crippen LogP contribution < -0.4 is 5.32 Å². The van der Waals surface area contributed by atoms with E-state index in [-0.39, 0.29) is 23.4 Å². The topological polar surface area (TPSA) is 88.0 Å². The Kier molecular flexibility index (Phi) is 6.54. The summed E-state index contributed by atoms with van der Waals surface area (Å²) in [5, 5.41) is 23.0. The highest BCUT2D eigenvalue weighted by atomic mass is 19.3. The molecule has 0 amide bonds. The third-order valence-corrected chi connectivity index (χ3v) is 6.84. The van der Waals surface area contributed by atoms with E-state index in [2.05, 4.69) is 20.5 Å². The molecule has 1 saturated carbocycles. The van der Waals surface area contributed by atoms with Crippen molar-refractivity contribution in [3.8, 4) is 0 Å². The van der Waals surface area contributed by atoms with Crippen LogP contribution in [0.4, 0.5) is 14.6 Å². The Morgan fingerprint density at radius 2 is 1.79 bits per heavy atom. The van der Waals surface area contributed by atoms with Crippen LogP contribution in [0.15, 0.2) is 30.5 Å². The predicted octanol–water partition coefficient (Wildman–Crippen LogP) is 6.11. The van der Waals surface area contributed by atoms with Gasteiger partial charge in [0.05, 0.1) is 17.7 Å². The second-order valence-electron chi connectivity index (χ2n) is 8.90. The highest BCUT2D eigenvalue weighted by Crippen LogP contribution is 2.37. The number of pyridine rings is 1. The van der Waals surface area contributed by atoms with E-state index in [1.165, 1.54) is 6.07 Å². The van der Waals surface area contributed by atoms with Crippen LogP contribution in [0.3, 0.4) is 0 Å². The van der Waals surface area contributed by atoms with Crippen LogP contribution >= 0.6 is 0 Å². The minimum absolute atomic E-state index is 0.0319. The molecule has 8 heteroatoms. The molecule has 0 aliphatic heterocycles. The number of aryl methyl sites for hydroxylation is 1. The van der Waals surface area contributed by atoms with Crippen molar-refractivity contribution in [1.82, 2.24) is 15.2 Å². The lowest BCUT2D eigenvalue weighted by molar-refractivity contribution is -0.142. The number of nitrogens with one attached hydrogen (secondary N) is 1. The van der Waals surface area contributed by atoms with Gasteiger partial charge in [-0.3, -0.25) is 9.78 Å². The van der Waals surface area contributed by atoms with Gasteiger partial charge >= 0.3 is 5.97 Å². The van der Waals surface area contributed by atoms with Gasteiger partial charge in [0, 0.05) is 34.1 Å². The third kappa shape index (κ3) is 4.65. The summed E-state index contributed by atoms with van der Waals surface area (Å²) in [4.78, 5) is 15.9. The van der Waals surface area contributed by atoms with Gasteiger partial charge in [0.1, 0.15) is 0 Å². The summed E-state index contributed by atoms with van der Waals surface area (Å²) in [5.74, 6) is -0.223. The zero-order valence-corrected chi connectivity index (χ0v) is 19.0. The maximum Gasteiger partial charge on any atom is 0.306 e. The predicted molar refractivity (Wildman–Crippen MR) is 123 cm³/mol. The number of fused-ring (bicyclic) bond motifs is 1. The average molecular weight is 455 g/mol. The number of hydrogen-bond donors (Lipinski definition) is 2. The summed E-state index contributed by atoms with van der Waals surface area (Å²) in [7, 11) is 0. The molecule has 0 unspecified atom stereocenters. The van der Waals surface area contributed by atoms with Crippen molar-refractivity contribution in [2.45, 2.75) is 64.8 Å². The lowest BCUT2D eigenvalue weighted by Crippen LogP contribution is -2.21. The largest absolute Gasteiger partial charge is 0.481 e. The number of aromatic nitrogens is 3. The van der Waals surface area contributed by atoms with Gasteiger partial charge < -0.3 is 10.4 Å². The number of anilines is 1. The van der Waals surface area contributed by atoms with E-state index in [1.54, 1.807) is 19.2 Å². The zero-order valence-electron chi connectivity index (χ0n) is 19.0. The number of nitrogens with zero attached hydrogens (tertiary/aromatic N) is 3. The second kappa shape index (κ2) is 9.37. The molecule has 2 N–H and O–H groups in total. The maximum absolute atomic E-state index is 13.4. The first-order valence-electron chi connectivity index (χ1n) is 11.3. The summed E-state index contributed by atoms with van der Waals surface area (Å²) >= 11 is 0. The SMILES string of the molecule is Cc1c(C(F)F)cccc1[C@@H](C)Nc1nnc(C)c2cnc(C3CCC(C(=O)O)CC3)cc12. The molecule has 1 atom stereocenters. The number of carbonyl (C=O) groups is 1. The van der Waals surface area contributed by atoms with E-state index in [1.807, 2.05) is 26.0 Å². The Labute approximate surface area is 191 Å². The standard InChI is InChI=1S/C25H28F2N4O2/c1-13-18(5-4-6-19(13)23(26)27)14(2)29-24-20-11-22(28-12-21(20)15(3)30-31-24)16-7-9-17(10-8-16)25(32)33/h4-6,11-12,14,16-17,23H,7-10H2,1-3H3,(H,29,31)(H,32,33)/t14-,16?,17?/m1/s1. The Morgan fingerprint density at radius 3 is 2.45 bits per heavy atom. The van der Waals surface area contributed by atoms with Crippen LogP contribution in [-0.2, 0) is 4.79 Å². The van der Waals surface area contributed by atoms with E-state index in [0.29, 0.717) is 24.2 Å². The summed E-state index contributed by atoms with van der Waals surface area (Å²) in [5.41, 5.74) is 3.06. The van der Waals surface area contributed by atoms with E-state index < -0.39 is 12.4 Å². The number of alkyl halides is 2. The number of halogens is 2. The molecule has 1 fully saturated rings. The highest BCUT2D eigenvalue weighted by molar-refractivity contribution is 5.92. The van der Waals surface area contributed by atoms with E-state index in [4.69, 9.17) is 0 Å². The van der Waals surface area contributed by atoms with Gasteiger partial charge in [0.25, 0.3) is 6.43 Å². The molecule has 0 bridgehead atoms. The smallest absolute Gasteiger partial charge is 0.306 e. The lowest BCUT2D eigenvalue weighted by atomic mass is 9.80. The summed E-state index contributed by atoms with van der Waals surface area (Å²) in [6.07, 6.45) is 2.14.